The Bertz CT molecular complexity index is 1050. The number of pyridine rings is 1. The van der Waals surface area contributed by atoms with Crippen molar-refractivity contribution in [3.8, 4) is 17.2 Å². The summed E-state index contributed by atoms with van der Waals surface area (Å²) >= 11 is 0. The first-order valence-electron chi connectivity index (χ1n) is 9.44. The average molecular weight is 404 g/mol. The van der Waals surface area contributed by atoms with E-state index in [9.17, 15) is 4.79 Å². The van der Waals surface area contributed by atoms with Crippen molar-refractivity contribution in [1.82, 2.24) is 4.98 Å². The van der Waals surface area contributed by atoms with Gasteiger partial charge in [0.15, 0.2) is 11.6 Å². The summed E-state index contributed by atoms with van der Waals surface area (Å²) in [7, 11) is 3.16. The van der Waals surface area contributed by atoms with E-state index in [1.54, 1.807) is 56.8 Å². The minimum Gasteiger partial charge on any atom is -0.497 e. The van der Waals surface area contributed by atoms with E-state index in [1.807, 2.05) is 31.2 Å². The Morgan fingerprint density at radius 3 is 2.63 bits per heavy atom. The molecule has 0 fully saturated rings. The number of hydrogen-bond donors (Lipinski definition) is 1. The van der Waals surface area contributed by atoms with Gasteiger partial charge in [0.2, 0.25) is 5.91 Å². The van der Waals surface area contributed by atoms with Gasteiger partial charge < -0.3 is 19.5 Å². The Labute approximate surface area is 176 Å². The van der Waals surface area contributed by atoms with Gasteiger partial charge in [-0.1, -0.05) is 24.3 Å². The molecule has 154 valence electrons. The summed E-state index contributed by atoms with van der Waals surface area (Å²) in [5.41, 5.74) is 2.94. The van der Waals surface area contributed by atoms with Gasteiger partial charge in [0.1, 0.15) is 18.1 Å². The molecule has 0 unspecified atom stereocenters. The Hall–Kier alpha value is -3.80. The predicted octanol–water partition coefficient (Wildman–Crippen LogP) is 4.64. The van der Waals surface area contributed by atoms with Gasteiger partial charge in [0.05, 0.1) is 14.2 Å². The molecular formula is C24H24N2O4. The summed E-state index contributed by atoms with van der Waals surface area (Å²) in [6, 6.07) is 16.9. The lowest BCUT2D eigenvalue weighted by Gasteiger charge is -2.12. The molecule has 1 heterocycles. The number of carbonyl (C=O) groups is 1. The summed E-state index contributed by atoms with van der Waals surface area (Å²) in [5.74, 6) is 1.84. The van der Waals surface area contributed by atoms with Crippen LogP contribution in [0.25, 0.3) is 6.08 Å². The minimum absolute atomic E-state index is 0.334. The van der Waals surface area contributed by atoms with Crippen LogP contribution in [-0.4, -0.2) is 25.1 Å². The van der Waals surface area contributed by atoms with Crippen molar-refractivity contribution in [2.75, 3.05) is 19.5 Å². The number of hydrogen-bond acceptors (Lipinski definition) is 5. The van der Waals surface area contributed by atoms with E-state index in [0.717, 1.165) is 16.7 Å². The van der Waals surface area contributed by atoms with Crippen molar-refractivity contribution in [2.45, 2.75) is 13.5 Å². The molecule has 0 saturated carbocycles. The van der Waals surface area contributed by atoms with Crippen LogP contribution in [0.15, 0.2) is 66.9 Å². The van der Waals surface area contributed by atoms with Crippen molar-refractivity contribution in [2.24, 2.45) is 0 Å². The molecule has 0 radical (unpaired) electrons. The number of methoxy groups -OCH3 is 2. The van der Waals surface area contributed by atoms with E-state index in [4.69, 9.17) is 14.2 Å². The van der Waals surface area contributed by atoms with E-state index in [1.165, 1.54) is 6.08 Å². The fourth-order valence-electron chi connectivity index (χ4n) is 2.82. The third-order valence-electron chi connectivity index (χ3n) is 4.51. The molecule has 0 spiro atoms. The lowest BCUT2D eigenvalue weighted by molar-refractivity contribution is -0.111. The molecule has 30 heavy (non-hydrogen) atoms. The van der Waals surface area contributed by atoms with Crippen LogP contribution in [0.3, 0.4) is 0 Å². The normalized spacial score (nSPS) is 10.6. The number of carbonyl (C=O) groups excluding carboxylic acids is 1. The number of ether oxygens (including phenoxy) is 3. The molecule has 1 N–H and O–H groups in total. The molecule has 0 saturated heterocycles. The smallest absolute Gasteiger partial charge is 0.249 e. The number of aryl methyl sites for hydroxylation is 1. The van der Waals surface area contributed by atoms with Gasteiger partial charge >= 0.3 is 0 Å². The van der Waals surface area contributed by atoms with Crippen LogP contribution >= 0.6 is 0 Å². The second kappa shape index (κ2) is 10.1. The van der Waals surface area contributed by atoms with Gasteiger partial charge in [-0.05, 0) is 54.5 Å². The first-order chi connectivity index (χ1) is 14.6. The number of benzene rings is 2. The quantitative estimate of drug-likeness (QED) is 0.554. The molecule has 2 aromatic carbocycles. The largest absolute Gasteiger partial charge is 0.497 e. The Kier molecular flexibility index (Phi) is 7.05. The Morgan fingerprint density at radius 2 is 1.87 bits per heavy atom. The molecule has 0 aliphatic carbocycles. The second-order valence-electron chi connectivity index (χ2n) is 6.50. The summed E-state index contributed by atoms with van der Waals surface area (Å²) in [6.45, 7) is 2.42. The molecule has 3 aromatic rings. The maximum absolute atomic E-state index is 12.5. The third-order valence-corrected chi connectivity index (χ3v) is 4.51. The number of amides is 1. The number of anilines is 1. The van der Waals surface area contributed by atoms with Crippen LogP contribution < -0.4 is 19.5 Å². The monoisotopic (exact) mass is 404 g/mol. The van der Waals surface area contributed by atoms with Crippen LogP contribution in [-0.2, 0) is 11.4 Å². The fraction of sp³-hybridized carbons (Fsp3) is 0.167. The van der Waals surface area contributed by atoms with Crippen molar-refractivity contribution in [1.29, 1.82) is 0 Å². The first-order valence-corrected chi connectivity index (χ1v) is 9.44. The number of aromatic nitrogens is 1. The van der Waals surface area contributed by atoms with Crippen LogP contribution in [0.5, 0.6) is 17.2 Å². The summed E-state index contributed by atoms with van der Waals surface area (Å²) in [4.78, 5) is 16.7. The zero-order chi connectivity index (χ0) is 21.3. The van der Waals surface area contributed by atoms with Crippen LogP contribution in [0.1, 0.15) is 16.7 Å². The highest BCUT2D eigenvalue weighted by Gasteiger charge is 2.09. The van der Waals surface area contributed by atoms with Crippen molar-refractivity contribution in [3.05, 3.63) is 83.6 Å². The fourth-order valence-corrected chi connectivity index (χ4v) is 2.82. The Balaban J connectivity index is 1.70. The second-order valence-corrected chi connectivity index (χ2v) is 6.50. The average Bonchev–Trinajstić information content (AvgIpc) is 2.77. The Morgan fingerprint density at radius 1 is 1.03 bits per heavy atom. The molecule has 6 heteroatoms. The summed E-state index contributed by atoms with van der Waals surface area (Å²) in [5, 5.41) is 2.76. The maximum atomic E-state index is 12.5. The molecule has 0 aliphatic heterocycles. The van der Waals surface area contributed by atoms with Gasteiger partial charge in [-0.15, -0.1) is 0 Å². The predicted molar refractivity (Wildman–Crippen MR) is 117 cm³/mol. The highest BCUT2D eigenvalue weighted by molar-refractivity contribution is 6.02. The lowest BCUT2D eigenvalue weighted by atomic mass is 10.1. The summed E-state index contributed by atoms with van der Waals surface area (Å²) < 4.78 is 16.5. The zero-order valence-electron chi connectivity index (χ0n) is 17.2. The third kappa shape index (κ3) is 5.38. The van der Waals surface area contributed by atoms with Crippen LogP contribution in [0.4, 0.5) is 5.82 Å². The number of rotatable bonds is 8. The standard InChI is InChI=1S/C24H24N2O4/c1-17-7-4-5-8-19(17)16-30-22-9-6-14-25-24(22)26-23(27)13-10-18-15-20(28-2)11-12-21(18)29-3/h4-15H,16H2,1-3H3,(H,25,26,27)/b13-10+. The minimum atomic E-state index is -0.334. The van der Waals surface area contributed by atoms with E-state index < -0.39 is 0 Å². The first kappa shape index (κ1) is 20.9. The molecular weight excluding hydrogens is 380 g/mol. The highest BCUT2D eigenvalue weighted by Crippen LogP contribution is 2.26. The SMILES string of the molecule is COc1ccc(OC)c(/C=C/C(=O)Nc2ncccc2OCc2ccccc2C)c1. The van der Waals surface area contributed by atoms with Crippen molar-refractivity contribution < 1.29 is 19.0 Å². The van der Waals surface area contributed by atoms with Gasteiger partial charge in [0.25, 0.3) is 0 Å². The van der Waals surface area contributed by atoms with E-state index in [2.05, 4.69) is 10.3 Å². The number of nitrogens with one attached hydrogen (secondary N) is 1. The molecule has 0 aliphatic rings. The van der Waals surface area contributed by atoms with E-state index in [0.29, 0.717) is 29.7 Å². The van der Waals surface area contributed by atoms with Gasteiger partial charge in [-0.2, -0.15) is 0 Å². The summed E-state index contributed by atoms with van der Waals surface area (Å²) in [6.07, 6.45) is 4.68. The van der Waals surface area contributed by atoms with Crippen LogP contribution in [0.2, 0.25) is 0 Å². The van der Waals surface area contributed by atoms with Gasteiger partial charge in [-0.25, -0.2) is 4.98 Å². The molecule has 1 aromatic heterocycles. The lowest BCUT2D eigenvalue weighted by Crippen LogP contribution is -2.11. The molecule has 0 bridgehead atoms. The number of nitrogens with zero attached hydrogens (tertiary/aromatic N) is 1. The molecule has 0 atom stereocenters. The topological polar surface area (TPSA) is 69.7 Å². The highest BCUT2D eigenvalue weighted by atomic mass is 16.5. The molecule has 3 rings (SSSR count). The molecule has 1 amide bonds. The maximum Gasteiger partial charge on any atom is 0.249 e. The molecule has 6 nitrogen and oxygen atoms in total. The van der Waals surface area contributed by atoms with Crippen LogP contribution in [0, 0.1) is 6.92 Å². The zero-order valence-corrected chi connectivity index (χ0v) is 17.2. The van der Waals surface area contributed by atoms with E-state index in [-0.39, 0.29) is 5.91 Å². The van der Waals surface area contributed by atoms with E-state index >= 15 is 0 Å². The van der Waals surface area contributed by atoms with Gasteiger partial charge in [0, 0.05) is 17.8 Å². The van der Waals surface area contributed by atoms with Gasteiger partial charge in [-0.3, -0.25) is 4.79 Å². The van der Waals surface area contributed by atoms with Crippen molar-refractivity contribution in [3.63, 3.8) is 0 Å². The van der Waals surface area contributed by atoms with Crippen molar-refractivity contribution >= 4 is 17.8 Å².